The van der Waals surface area contributed by atoms with Crippen molar-refractivity contribution in [3.63, 3.8) is 0 Å². The normalized spacial score (nSPS) is 23.4. The van der Waals surface area contributed by atoms with Gasteiger partial charge in [0.15, 0.2) is 0 Å². The Morgan fingerprint density at radius 1 is 1.20 bits per heavy atom. The lowest BCUT2D eigenvalue weighted by atomic mass is 10.1. The van der Waals surface area contributed by atoms with E-state index in [4.69, 9.17) is 4.74 Å². The summed E-state index contributed by atoms with van der Waals surface area (Å²) in [6.45, 7) is 4.34. The van der Waals surface area contributed by atoms with E-state index in [0.29, 0.717) is 24.3 Å². The molecule has 2 N–H and O–H groups in total. The maximum Gasteiger partial charge on any atom is 0.315 e. The summed E-state index contributed by atoms with van der Waals surface area (Å²) in [5.74, 6) is 1.95. The van der Waals surface area contributed by atoms with E-state index in [-0.39, 0.29) is 6.03 Å². The predicted molar refractivity (Wildman–Crippen MR) is 95.4 cm³/mol. The molecule has 3 aliphatic rings. The number of hydrogen-bond donors (Lipinski definition) is 2. The van der Waals surface area contributed by atoms with Gasteiger partial charge in [-0.2, -0.15) is 0 Å². The number of likely N-dealkylation sites (tertiary alicyclic amines) is 1. The summed E-state index contributed by atoms with van der Waals surface area (Å²) in [6.07, 6.45) is 8.18. The summed E-state index contributed by atoms with van der Waals surface area (Å²) in [7, 11) is 0. The fourth-order valence-electron chi connectivity index (χ4n) is 3.41. The average molecular weight is 344 g/mol. The SMILES string of the molecule is O=C(NCc1ccnc(OCC2CC2)c1)NC[C@@H]1CCN(C2CC2)C1. The van der Waals surface area contributed by atoms with Crippen LogP contribution in [0, 0.1) is 11.8 Å². The Morgan fingerprint density at radius 2 is 2.08 bits per heavy atom. The lowest BCUT2D eigenvalue weighted by Crippen LogP contribution is -2.38. The van der Waals surface area contributed by atoms with Gasteiger partial charge in [0.1, 0.15) is 0 Å². The van der Waals surface area contributed by atoms with Crippen molar-refractivity contribution in [2.45, 2.75) is 44.7 Å². The number of nitrogens with zero attached hydrogens (tertiary/aromatic N) is 2. The topological polar surface area (TPSA) is 66.5 Å². The number of hydrogen-bond acceptors (Lipinski definition) is 4. The molecule has 0 aromatic carbocycles. The monoisotopic (exact) mass is 344 g/mol. The number of pyridine rings is 1. The molecule has 136 valence electrons. The molecule has 1 saturated heterocycles. The van der Waals surface area contributed by atoms with Gasteiger partial charge < -0.3 is 20.3 Å². The van der Waals surface area contributed by atoms with E-state index < -0.39 is 0 Å². The summed E-state index contributed by atoms with van der Waals surface area (Å²) in [5.41, 5.74) is 1.01. The Balaban J connectivity index is 1.15. The fraction of sp³-hybridized carbons (Fsp3) is 0.684. The Morgan fingerprint density at radius 3 is 2.88 bits per heavy atom. The Kier molecular flexibility index (Phi) is 5.06. The number of amides is 2. The molecule has 2 heterocycles. The summed E-state index contributed by atoms with van der Waals surface area (Å²) in [5, 5.41) is 5.94. The van der Waals surface area contributed by atoms with Crippen molar-refractivity contribution in [2.24, 2.45) is 11.8 Å². The zero-order chi connectivity index (χ0) is 17.1. The average Bonchev–Trinajstić information content (AvgIpc) is 3.56. The zero-order valence-corrected chi connectivity index (χ0v) is 14.7. The number of carbonyl (C=O) groups is 1. The highest BCUT2D eigenvalue weighted by Gasteiger charge is 2.34. The molecule has 2 aliphatic carbocycles. The zero-order valence-electron chi connectivity index (χ0n) is 14.7. The molecule has 0 radical (unpaired) electrons. The van der Waals surface area contributed by atoms with Crippen LogP contribution in [0.3, 0.4) is 0 Å². The lowest BCUT2D eigenvalue weighted by Gasteiger charge is -2.15. The van der Waals surface area contributed by atoms with E-state index in [1.54, 1.807) is 6.20 Å². The summed E-state index contributed by atoms with van der Waals surface area (Å²) in [6, 6.07) is 4.56. The van der Waals surface area contributed by atoms with Crippen LogP contribution in [0.15, 0.2) is 18.3 Å². The second kappa shape index (κ2) is 7.60. The Hall–Kier alpha value is -1.82. The van der Waals surface area contributed by atoms with Crippen LogP contribution in [0.1, 0.15) is 37.7 Å². The fourth-order valence-corrected chi connectivity index (χ4v) is 3.41. The lowest BCUT2D eigenvalue weighted by molar-refractivity contribution is 0.238. The minimum atomic E-state index is -0.0952. The van der Waals surface area contributed by atoms with Crippen molar-refractivity contribution < 1.29 is 9.53 Å². The van der Waals surface area contributed by atoms with Crippen molar-refractivity contribution in [1.82, 2.24) is 20.5 Å². The minimum Gasteiger partial charge on any atom is -0.477 e. The van der Waals surface area contributed by atoms with E-state index in [0.717, 1.165) is 31.3 Å². The highest BCUT2D eigenvalue weighted by atomic mass is 16.5. The molecular weight excluding hydrogens is 316 g/mol. The number of ether oxygens (including phenoxy) is 1. The quantitative estimate of drug-likeness (QED) is 0.758. The third kappa shape index (κ3) is 5.08. The van der Waals surface area contributed by atoms with Crippen molar-refractivity contribution in [3.8, 4) is 5.88 Å². The first-order valence-electron chi connectivity index (χ1n) is 9.60. The highest BCUT2D eigenvalue weighted by molar-refractivity contribution is 5.73. The van der Waals surface area contributed by atoms with Gasteiger partial charge in [-0.15, -0.1) is 0 Å². The van der Waals surface area contributed by atoms with Gasteiger partial charge in [-0.25, -0.2) is 9.78 Å². The van der Waals surface area contributed by atoms with Gasteiger partial charge >= 0.3 is 6.03 Å². The van der Waals surface area contributed by atoms with Crippen LogP contribution in [0.25, 0.3) is 0 Å². The van der Waals surface area contributed by atoms with Crippen molar-refractivity contribution in [2.75, 3.05) is 26.2 Å². The molecule has 0 bridgehead atoms. The third-order valence-corrected chi connectivity index (χ3v) is 5.35. The molecule has 1 aromatic heterocycles. The van der Waals surface area contributed by atoms with Gasteiger partial charge in [-0.05, 0) is 62.1 Å². The highest BCUT2D eigenvalue weighted by Crippen LogP contribution is 2.31. The molecule has 0 spiro atoms. The third-order valence-electron chi connectivity index (χ3n) is 5.35. The van der Waals surface area contributed by atoms with E-state index in [1.165, 1.54) is 38.6 Å². The first kappa shape index (κ1) is 16.6. The van der Waals surface area contributed by atoms with Gasteiger partial charge in [0.2, 0.25) is 5.88 Å². The first-order valence-corrected chi connectivity index (χ1v) is 9.60. The maximum absolute atomic E-state index is 12.0. The van der Waals surface area contributed by atoms with Crippen LogP contribution in [0.5, 0.6) is 5.88 Å². The van der Waals surface area contributed by atoms with Crippen LogP contribution in [-0.4, -0.2) is 48.2 Å². The van der Waals surface area contributed by atoms with Crippen LogP contribution < -0.4 is 15.4 Å². The van der Waals surface area contributed by atoms with Crippen LogP contribution >= 0.6 is 0 Å². The van der Waals surface area contributed by atoms with Crippen LogP contribution in [-0.2, 0) is 6.54 Å². The molecule has 4 rings (SSSR count). The molecule has 2 amide bonds. The molecule has 1 atom stereocenters. The molecule has 3 fully saturated rings. The van der Waals surface area contributed by atoms with Gasteiger partial charge in [0, 0.05) is 37.9 Å². The number of aromatic nitrogens is 1. The van der Waals surface area contributed by atoms with Crippen molar-refractivity contribution in [3.05, 3.63) is 23.9 Å². The van der Waals surface area contributed by atoms with Crippen molar-refractivity contribution >= 4 is 6.03 Å². The second-order valence-corrected chi connectivity index (χ2v) is 7.70. The smallest absolute Gasteiger partial charge is 0.315 e. The van der Waals surface area contributed by atoms with Gasteiger partial charge in [-0.3, -0.25) is 0 Å². The predicted octanol–water partition coefficient (Wildman–Crippen LogP) is 2.15. The van der Waals surface area contributed by atoms with Gasteiger partial charge in [0.25, 0.3) is 0 Å². The van der Waals surface area contributed by atoms with E-state index in [9.17, 15) is 4.79 Å². The molecule has 1 aliphatic heterocycles. The van der Waals surface area contributed by atoms with Crippen molar-refractivity contribution in [1.29, 1.82) is 0 Å². The summed E-state index contributed by atoms with van der Waals surface area (Å²) < 4.78 is 5.68. The van der Waals surface area contributed by atoms with Crippen LogP contribution in [0.4, 0.5) is 4.79 Å². The maximum atomic E-state index is 12.0. The van der Waals surface area contributed by atoms with Gasteiger partial charge in [0.05, 0.1) is 6.61 Å². The summed E-state index contributed by atoms with van der Waals surface area (Å²) >= 11 is 0. The molecule has 6 nitrogen and oxygen atoms in total. The minimum absolute atomic E-state index is 0.0952. The number of urea groups is 1. The Bertz CT molecular complexity index is 601. The van der Waals surface area contributed by atoms with E-state index >= 15 is 0 Å². The van der Waals surface area contributed by atoms with E-state index in [1.807, 2.05) is 12.1 Å². The number of carbonyl (C=O) groups excluding carboxylic acids is 1. The molecular formula is C19H28N4O2. The molecule has 1 aromatic rings. The molecule has 2 saturated carbocycles. The number of nitrogens with one attached hydrogen (secondary N) is 2. The largest absolute Gasteiger partial charge is 0.477 e. The molecule has 6 heteroatoms. The summed E-state index contributed by atoms with van der Waals surface area (Å²) in [4.78, 5) is 18.8. The van der Waals surface area contributed by atoms with Crippen LogP contribution in [0.2, 0.25) is 0 Å². The van der Waals surface area contributed by atoms with E-state index in [2.05, 4.69) is 20.5 Å². The second-order valence-electron chi connectivity index (χ2n) is 7.70. The standard InChI is InChI=1S/C19H28N4O2/c24-19(22-11-16-6-8-23(12-16)17-3-4-17)21-10-15-5-7-20-18(9-15)25-13-14-1-2-14/h5,7,9,14,16-17H,1-4,6,8,10-13H2,(H2,21,22,24)/t16-/m0/s1. The number of rotatable bonds is 8. The first-order chi connectivity index (χ1) is 12.3. The molecule has 25 heavy (non-hydrogen) atoms. The Labute approximate surface area is 149 Å². The van der Waals surface area contributed by atoms with Gasteiger partial charge in [-0.1, -0.05) is 0 Å². The molecule has 0 unspecified atom stereocenters.